The van der Waals surface area contributed by atoms with Gasteiger partial charge in [-0.05, 0) is 42.7 Å². The average Bonchev–Trinajstić information content (AvgIpc) is 3.06. The Balaban J connectivity index is 1.88. The summed E-state index contributed by atoms with van der Waals surface area (Å²) in [5, 5.41) is 11.4. The molecule has 5 nitrogen and oxygen atoms in total. The summed E-state index contributed by atoms with van der Waals surface area (Å²) in [6.45, 7) is 8.38. The molecule has 1 atom stereocenters. The number of aromatic nitrogens is 3. The number of benzene rings is 2. The largest absolute Gasteiger partial charge is 0.325 e. The Bertz CT molecular complexity index is 916. The summed E-state index contributed by atoms with van der Waals surface area (Å²) in [7, 11) is 0. The van der Waals surface area contributed by atoms with E-state index >= 15 is 0 Å². The number of thioether (sulfide) groups is 1. The first-order valence-corrected chi connectivity index (χ1v) is 9.54. The number of anilines is 1. The summed E-state index contributed by atoms with van der Waals surface area (Å²) in [4.78, 5) is 13.1. The third-order valence-corrected chi connectivity index (χ3v) is 5.21. The van der Waals surface area contributed by atoms with E-state index in [9.17, 15) is 4.79 Å². The molecule has 0 bridgehead atoms. The van der Waals surface area contributed by atoms with E-state index in [1.54, 1.807) is 12.4 Å². The predicted molar refractivity (Wildman–Crippen MR) is 110 cm³/mol. The van der Waals surface area contributed by atoms with E-state index in [0.29, 0.717) is 11.7 Å². The van der Waals surface area contributed by atoms with Gasteiger partial charge in [0, 0.05) is 12.2 Å². The van der Waals surface area contributed by atoms with E-state index in [1.807, 2.05) is 60.9 Å². The minimum Gasteiger partial charge on any atom is -0.325 e. The zero-order chi connectivity index (χ0) is 19.2. The highest BCUT2D eigenvalue weighted by Gasteiger charge is 2.24. The maximum absolute atomic E-state index is 13.1. The van der Waals surface area contributed by atoms with Gasteiger partial charge < -0.3 is 9.88 Å². The Morgan fingerprint density at radius 2 is 1.93 bits per heavy atom. The fraction of sp³-hybridized carbons (Fsp3) is 0.190. The zero-order valence-electron chi connectivity index (χ0n) is 15.4. The Labute approximate surface area is 163 Å². The number of carbonyl (C=O) groups is 1. The van der Waals surface area contributed by atoms with E-state index in [0.717, 1.165) is 22.4 Å². The molecule has 0 fully saturated rings. The smallest absolute Gasteiger partial charge is 0.242 e. The molecule has 1 amide bonds. The van der Waals surface area contributed by atoms with Crippen molar-refractivity contribution >= 4 is 23.4 Å². The van der Waals surface area contributed by atoms with Crippen LogP contribution in [0.2, 0.25) is 0 Å². The van der Waals surface area contributed by atoms with Crippen LogP contribution in [0.25, 0.3) is 0 Å². The number of hydrogen-bond donors (Lipinski definition) is 1. The fourth-order valence-electron chi connectivity index (χ4n) is 2.86. The van der Waals surface area contributed by atoms with Gasteiger partial charge >= 0.3 is 0 Å². The van der Waals surface area contributed by atoms with Crippen molar-refractivity contribution in [1.29, 1.82) is 0 Å². The quantitative estimate of drug-likeness (QED) is 0.484. The Hall–Kier alpha value is -2.86. The van der Waals surface area contributed by atoms with Gasteiger partial charge in [-0.25, -0.2) is 0 Å². The van der Waals surface area contributed by atoms with Crippen molar-refractivity contribution < 1.29 is 4.79 Å². The van der Waals surface area contributed by atoms with Gasteiger partial charge in [-0.15, -0.1) is 16.8 Å². The molecule has 27 heavy (non-hydrogen) atoms. The molecular formula is C21H22N4OS. The Morgan fingerprint density at radius 3 is 2.59 bits per heavy atom. The molecule has 6 heteroatoms. The molecule has 138 valence electrons. The van der Waals surface area contributed by atoms with Crippen LogP contribution >= 0.6 is 11.8 Å². The number of hydrogen-bond acceptors (Lipinski definition) is 4. The molecule has 0 saturated carbocycles. The van der Waals surface area contributed by atoms with Gasteiger partial charge in [0.15, 0.2) is 5.16 Å². The maximum Gasteiger partial charge on any atom is 0.242 e. The second kappa shape index (κ2) is 8.68. The van der Waals surface area contributed by atoms with Gasteiger partial charge in [0.2, 0.25) is 5.91 Å². The zero-order valence-corrected chi connectivity index (χ0v) is 16.2. The van der Waals surface area contributed by atoms with Gasteiger partial charge in [-0.2, -0.15) is 0 Å². The average molecular weight is 379 g/mol. The fourth-order valence-corrected chi connectivity index (χ4v) is 3.88. The molecule has 1 N–H and O–H groups in total. The van der Waals surface area contributed by atoms with E-state index in [1.165, 1.54) is 11.8 Å². The van der Waals surface area contributed by atoms with Crippen molar-refractivity contribution in [2.24, 2.45) is 0 Å². The first-order valence-electron chi connectivity index (χ1n) is 8.66. The predicted octanol–water partition coefficient (Wildman–Crippen LogP) is 4.55. The van der Waals surface area contributed by atoms with Gasteiger partial charge in [-0.3, -0.25) is 4.79 Å². The van der Waals surface area contributed by atoms with Crippen LogP contribution in [0.5, 0.6) is 0 Å². The third kappa shape index (κ3) is 4.86. The van der Waals surface area contributed by atoms with E-state index in [-0.39, 0.29) is 5.91 Å². The van der Waals surface area contributed by atoms with Gasteiger partial charge in [0.1, 0.15) is 11.6 Å². The number of aryl methyl sites for hydroxylation is 2. The molecule has 1 heterocycles. The molecular weight excluding hydrogens is 356 g/mol. The van der Waals surface area contributed by atoms with Crippen LogP contribution < -0.4 is 5.32 Å². The number of nitrogens with zero attached hydrogens (tertiary/aromatic N) is 3. The van der Waals surface area contributed by atoms with Gasteiger partial charge in [-0.1, -0.05) is 54.2 Å². The highest BCUT2D eigenvalue weighted by atomic mass is 32.2. The van der Waals surface area contributed by atoms with Crippen molar-refractivity contribution in [2.75, 3.05) is 5.32 Å². The molecule has 0 spiro atoms. The normalized spacial score (nSPS) is 11.8. The van der Waals surface area contributed by atoms with Crippen molar-refractivity contribution in [1.82, 2.24) is 14.8 Å². The molecule has 0 aliphatic rings. The number of allylic oxidation sites excluding steroid dienone is 1. The summed E-state index contributed by atoms with van der Waals surface area (Å²) in [6, 6.07) is 15.7. The SMILES string of the molecule is C=CCn1cnnc1S[C@H](C(=O)Nc1cc(C)cc(C)c1)c1ccccc1. The monoisotopic (exact) mass is 378 g/mol. The Kier molecular flexibility index (Phi) is 6.08. The second-order valence-electron chi connectivity index (χ2n) is 6.33. The van der Waals surface area contributed by atoms with Crippen LogP contribution in [-0.4, -0.2) is 20.7 Å². The van der Waals surface area contributed by atoms with Crippen LogP contribution in [-0.2, 0) is 11.3 Å². The summed E-state index contributed by atoms with van der Waals surface area (Å²) >= 11 is 1.38. The molecule has 3 rings (SSSR count). The number of amides is 1. The van der Waals surface area contributed by atoms with Crippen LogP contribution in [0.15, 0.2) is 72.7 Å². The third-order valence-electron chi connectivity index (χ3n) is 3.96. The second-order valence-corrected chi connectivity index (χ2v) is 7.40. The lowest BCUT2D eigenvalue weighted by molar-refractivity contribution is -0.115. The Morgan fingerprint density at radius 1 is 1.22 bits per heavy atom. The molecule has 0 radical (unpaired) electrons. The number of nitrogens with one attached hydrogen (secondary N) is 1. The van der Waals surface area contributed by atoms with Crippen molar-refractivity contribution in [2.45, 2.75) is 30.8 Å². The summed E-state index contributed by atoms with van der Waals surface area (Å²) in [6.07, 6.45) is 3.43. The molecule has 0 aliphatic carbocycles. The van der Waals surface area contributed by atoms with E-state index in [2.05, 4.69) is 28.2 Å². The lowest BCUT2D eigenvalue weighted by Gasteiger charge is -2.17. The van der Waals surface area contributed by atoms with Crippen LogP contribution in [0.3, 0.4) is 0 Å². The molecule has 3 aromatic rings. The minimum atomic E-state index is -0.445. The lowest BCUT2D eigenvalue weighted by atomic mass is 10.1. The standard InChI is InChI=1S/C21H22N4OS/c1-4-10-25-14-22-24-21(25)27-19(17-8-6-5-7-9-17)20(26)23-18-12-15(2)11-16(3)13-18/h4-9,11-14,19H,1,10H2,2-3H3,(H,23,26)/t19-/m0/s1. The first kappa shape index (κ1) is 18.9. The molecule has 1 aromatic heterocycles. The van der Waals surface area contributed by atoms with Crippen molar-refractivity contribution in [3.05, 3.63) is 84.2 Å². The molecule has 2 aromatic carbocycles. The van der Waals surface area contributed by atoms with Crippen LogP contribution in [0.1, 0.15) is 21.9 Å². The minimum absolute atomic E-state index is 0.0932. The maximum atomic E-state index is 13.1. The van der Waals surface area contributed by atoms with Crippen LogP contribution in [0.4, 0.5) is 5.69 Å². The molecule has 0 aliphatic heterocycles. The van der Waals surface area contributed by atoms with E-state index < -0.39 is 5.25 Å². The highest BCUT2D eigenvalue weighted by Crippen LogP contribution is 2.35. The molecule has 0 saturated heterocycles. The van der Waals surface area contributed by atoms with Crippen molar-refractivity contribution in [3.8, 4) is 0 Å². The number of rotatable bonds is 7. The summed E-state index contributed by atoms with van der Waals surface area (Å²) in [5.41, 5.74) is 3.93. The summed E-state index contributed by atoms with van der Waals surface area (Å²) < 4.78 is 1.87. The number of carbonyl (C=O) groups excluding carboxylic acids is 1. The summed E-state index contributed by atoms with van der Waals surface area (Å²) in [5.74, 6) is -0.0932. The van der Waals surface area contributed by atoms with E-state index in [4.69, 9.17) is 0 Å². The van der Waals surface area contributed by atoms with Gasteiger partial charge in [0.05, 0.1) is 0 Å². The molecule has 0 unspecified atom stereocenters. The highest BCUT2D eigenvalue weighted by molar-refractivity contribution is 8.00. The lowest BCUT2D eigenvalue weighted by Crippen LogP contribution is -2.19. The van der Waals surface area contributed by atoms with Gasteiger partial charge in [0.25, 0.3) is 0 Å². The van der Waals surface area contributed by atoms with Crippen LogP contribution in [0, 0.1) is 13.8 Å². The van der Waals surface area contributed by atoms with Crippen molar-refractivity contribution in [3.63, 3.8) is 0 Å². The topological polar surface area (TPSA) is 59.8 Å². The first-order chi connectivity index (χ1) is 13.1.